The summed E-state index contributed by atoms with van der Waals surface area (Å²) >= 11 is 1.33. The van der Waals surface area contributed by atoms with Crippen molar-refractivity contribution in [2.45, 2.75) is 24.7 Å². The van der Waals surface area contributed by atoms with Crippen LogP contribution in [0.2, 0.25) is 0 Å². The standard InChI is InChI=1S/C25H23N5O2S/c26-24-27-14-20(15-28-24)18-5-7-21(8-6-18)25(9-11-32-12-10-25)23(31)13-17-1-3-19(4-2-17)22-16-33-30-29-22/h1-8,14-16H,9-13H2,(H2,26,27,28). The van der Waals surface area contributed by atoms with Gasteiger partial charge in [-0.15, -0.1) is 5.10 Å². The molecule has 2 aromatic heterocycles. The Kier molecular flexibility index (Phi) is 5.93. The van der Waals surface area contributed by atoms with E-state index in [4.69, 9.17) is 10.5 Å². The fourth-order valence-electron chi connectivity index (χ4n) is 4.36. The maximum absolute atomic E-state index is 13.7. The van der Waals surface area contributed by atoms with Crippen LogP contribution in [0.3, 0.4) is 0 Å². The molecule has 1 aliphatic rings. The smallest absolute Gasteiger partial charge is 0.219 e. The molecule has 3 heterocycles. The Morgan fingerprint density at radius 3 is 2.24 bits per heavy atom. The summed E-state index contributed by atoms with van der Waals surface area (Å²) in [6.45, 7) is 1.16. The Morgan fingerprint density at radius 2 is 1.61 bits per heavy atom. The summed E-state index contributed by atoms with van der Waals surface area (Å²) in [5, 5.41) is 6.02. The summed E-state index contributed by atoms with van der Waals surface area (Å²) in [7, 11) is 0. The summed E-state index contributed by atoms with van der Waals surface area (Å²) in [5.41, 5.74) is 10.8. The molecule has 0 unspecified atom stereocenters. The SMILES string of the molecule is Nc1ncc(-c2ccc(C3(C(=O)Cc4ccc(-c5csnn5)cc4)CCOCC3)cc2)cn1. The van der Waals surface area contributed by atoms with Crippen LogP contribution in [-0.2, 0) is 21.4 Å². The van der Waals surface area contributed by atoms with Crippen molar-refractivity contribution < 1.29 is 9.53 Å². The summed E-state index contributed by atoms with van der Waals surface area (Å²) in [6, 6.07) is 16.1. The molecule has 0 amide bonds. The molecule has 8 heteroatoms. The van der Waals surface area contributed by atoms with Crippen molar-refractivity contribution >= 4 is 23.3 Å². The van der Waals surface area contributed by atoms with Crippen LogP contribution in [0.25, 0.3) is 22.4 Å². The highest BCUT2D eigenvalue weighted by Crippen LogP contribution is 2.38. The summed E-state index contributed by atoms with van der Waals surface area (Å²) in [5.74, 6) is 0.468. The molecule has 166 valence electrons. The fraction of sp³-hybridized carbons (Fsp3) is 0.240. The molecule has 2 aromatic carbocycles. The number of ketones is 1. The van der Waals surface area contributed by atoms with E-state index in [0.717, 1.165) is 33.5 Å². The Labute approximate surface area is 195 Å². The van der Waals surface area contributed by atoms with Gasteiger partial charge in [0.2, 0.25) is 5.95 Å². The van der Waals surface area contributed by atoms with Crippen LogP contribution in [0, 0.1) is 0 Å². The lowest BCUT2D eigenvalue weighted by Gasteiger charge is -2.36. The van der Waals surface area contributed by atoms with Gasteiger partial charge in [0, 0.05) is 48.5 Å². The Hall–Kier alpha value is -3.49. The summed E-state index contributed by atoms with van der Waals surface area (Å²) in [6.07, 6.45) is 5.15. The number of hydrogen-bond donors (Lipinski definition) is 1. The lowest BCUT2D eigenvalue weighted by molar-refractivity contribution is -0.127. The molecular weight excluding hydrogens is 434 g/mol. The van der Waals surface area contributed by atoms with Crippen LogP contribution in [-0.4, -0.2) is 38.6 Å². The summed E-state index contributed by atoms with van der Waals surface area (Å²) < 4.78 is 9.53. The quantitative estimate of drug-likeness (QED) is 0.465. The van der Waals surface area contributed by atoms with E-state index in [2.05, 4.69) is 19.6 Å². The number of benzene rings is 2. The van der Waals surface area contributed by atoms with Crippen LogP contribution < -0.4 is 5.73 Å². The van der Waals surface area contributed by atoms with E-state index in [1.165, 1.54) is 11.5 Å². The normalized spacial score (nSPS) is 15.3. The minimum Gasteiger partial charge on any atom is -0.381 e. The highest BCUT2D eigenvalue weighted by molar-refractivity contribution is 7.03. The average molecular weight is 458 g/mol. The number of Topliss-reactive ketones (excluding diaryl/α,β-unsaturated/α-hetero) is 1. The van der Waals surface area contributed by atoms with Crippen molar-refractivity contribution in [1.82, 2.24) is 19.6 Å². The highest BCUT2D eigenvalue weighted by atomic mass is 32.1. The van der Waals surface area contributed by atoms with Crippen molar-refractivity contribution in [2.75, 3.05) is 18.9 Å². The number of rotatable bonds is 6. The van der Waals surface area contributed by atoms with Gasteiger partial charge in [0.15, 0.2) is 0 Å². The Bertz CT molecular complexity index is 1220. The zero-order chi connectivity index (χ0) is 22.7. The first kappa shape index (κ1) is 21.4. The number of hydrogen-bond acceptors (Lipinski definition) is 8. The van der Waals surface area contributed by atoms with Crippen LogP contribution in [0.1, 0.15) is 24.0 Å². The average Bonchev–Trinajstić information content (AvgIpc) is 3.41. The van der Waals surface area contributed by atoms with Crippen LogP contribution >= 0.6 is 11.5 Å². The summed E-state index contributed by atoms with van der Waals surface area (Å²) in [4.78, 5) is 21.8. The number of aromatic nitrogens is 4. The van der Waals surface area contributed by atoms with Gasteiger partial charge < -0.3 is 10.5 Å². The number of nitrogens with zero attached hydrogens (tertiary/aromatic N) is 4. The number of ether oxygens (including phenoxy) is 1. The molecule has 0 saturated carbocycles. The molecular formula is C25H23N5O2S. The molecule has 0 aliphatic carbocycles. The number of carbonyl (C=O) groups excluding carboxylic acids is 1. The van der Waals surface area contributed by atoms with Crippen molar-refractivity contribution in [2.24, 2.45) is 0 Å². The molecule has 7 nitrogen and oxygen atoms in total. The Balaban J connectivity index is 1.39. The lowest BCUT2D eigenvalue weighted by atomic mass is 9.69. The largest absolute Gasteiger partial charge is 0.381 e. The number of nitrogen functional groups attached to an aromatic ring is 1. The van der Waals surface area contributed by atoms with Crippen molar-refractivity contribution in [3.8, 4) is 22.4 Å². The minimum absolute atomic E-state index is 0.220. The monoisotopic (exact) mass is 457 g/mol. The van der Waals surface area contributed by atoms with Crippen LogP contribution in [0.15, 0.2) is 66.3 Å². The third kappa shape index (κ3) is 4.40. The van der Waals surface area contributed by atoms with Gasteiger partial charge in [-0.05, 0) is 41.1 Å². The van der Waals surface area contributed by atoms with E-state index >= 15 is 0 Å². The molecule has 1 aliphatic heterocycles. The topological polar surface area (TPSA) is 104 Å². The van der Waals surface area contributed by atoms with Gasteiger partial charge in [-0.3, -0.25) is 4.79 Å². The molecule has 4 aromatic rings. The van der Waals surface area contributed by atoms with Crippen LogP contribution in [0.5, 0.6) is 0 Å². The van der Waals surface area contributed by atoms with E-state index in [0.29, 0.717) is 32.5 Å². The third-order valence-electron chi connectivity index (χ3n) is 6.30. The Morgan fingerprint density at radius 1 is 0.939 bits per heavy atom. The zero-order valence-electron chi connectivity index (χ0n) is 18.0. The number of carbonyl (C=O) groups is 1. The van der Waals surface area contributed by atoms with Gasteiger partial charge in [0.25, 0.3) is 0 Å². The molecule has 33 heavy (non-hydrogen) atoms. The number of anilines is 1. The van der Waals surface area contributed by atoms with E-state index in [9.17, 15) is 4.79 Å². The fourth-order valence-corrected chi connectivity index (χ4v) is 4.82. The van der Waals surface area contributed by atoms with Gasteiger partial charge in [-0.1, -0.05) is 53.0 Å². The van der Waals surface area contributed by atoms with E-state index < -0.39 is 5.41 Å². The first-order valence-electron chi connectivity index (χ1n) is 10.8. The number of nitrogens with two attached hydrogens (primary N) is 1. The molecule has 1 saturated heterocycles. The first-order valence-corrected chi connectivity index (χ1v) is 11.6. The second-order valence-corrected chi connectivity index (χ2v) is 8.80. The van der Waals surface area contributed by atoms with Gasteiger partial charge in [0.1, 0.15) is 11.5 Å². The zero-order valence-corrected chi connectivity index (χ0v) is 18.8. The van der Waals surface area contributed by atoms with Crippen molar-refractivity contribution in [3.63, 3.8) is 0 Å². The highest BCUT2D eigenvalue weighted by Gasteiger charge is 2.41. The van der Waals surface area contributed by atoms with Crippen LogP contribution in [0.4, 0.5) is 5.95 Å². The second kappa shape index (κ2) is 9.17. The molecule has 1 fully saturated rings. The van der Waals surface area contributed by atoms with Gasteiger partial charge >= 0.3 is 0 Å². The van der Waals surface area contributed by atoms with Crippen molar-refractivity contribution in [3.05, 3.63) is 77.4 Å². The maximum Gasteiger partial charge on any atom is 0.219 e. The minimum atomic E-state index is -0.550. The van der Waals surface area contributed by atoms with Gasteiger partial charge in [-0.25, -0.2) is 9.97 Å². The van der Waals surface area contributed by atoms with E-state index in [1.54, 1.807) is 12.4 Å². The van der Waals surface area contributed by atoms with Gasteiger partial charge in [-0.2, -0.15) is 0 Å². The van der Waals surface area contributed by atoms with E-state index in [1.807, 2.05) is 53.9 Å². The van der Waals surface area contributed by atoms with Gasteiger partial charge in [0.05, 0.1) is 5.41 Å². The molecule has 5 rings (SSSR count). The van der Waals surface area contributed by atoms with Crippen molar-refractivity contribution in [1.29, 1.82) is 0 Å². The molecule has 0 atom stereocenters. The molecule has 0 spiro atoms. The maximum atomic E-state index is 13.7. The lowest BCUT2D eigenvalue weighted by Crippen LogP contribution is -2.42. The predicted octanol–water partition coefficient (Wildman–Crippen LogP) is 4.10. The van der Waals surface area contributed by atoms with E-state index in [-0.39, 0.29) is 11.7 Å². The third-order valence-corrected chi connectivity index (χ3v) is 6.80. The molecule has 0 radical (unpaired) electrons. The predicted molar refractivity (Wildman–Crippen MR) is 128 cm³/mol. The first-order chi connectivity index (χ1) is 16.1. The molecule has 2 N–H and O–H groups in total. The second-order valence-electron chi connectivity index (χ2n) is 8.19. The molecule has 0 bridgehead atoms.